The topological polar surface area (TPSA) is 84.9 Å². The van der Waals surface area contributed by atoms with Crippen LogP contribution in [0.1, 0.15) is 45.1 Å². The Bertz CT molecular complexity index is 750. The molecule has 1 heterocycles. The molecular weight excluding hydrogens is 360 g/mol. The number of benzene rings is 1. The molecule has 1 aliphatic heterocycles. The fourth-order valence-electron chi connectivity index (χ4n) is 3.98. The van der Waals surface area contributed by atoms with Crippen LogP contribution in [0.3, 0.4) is 0 Å². The van der Waals surface area contributed by atoms with Crippen molar-refractivity contribution < 1.29 is 23.9 Å². The predicted octanol–water partition coefficient (Wildman–Crippen LogP) is 2.67. The third-order valence-corrected chi connectivity index (χ3v) is 5.71. The van der Waals surface area contributed by atoms with E-state index in [1.165, 1.54) is 5.56 Å². The van der Waals surface area contributed by atoms with E-state index in [9.17, 15) is 14.4 Å². The second-order valence-electron chi connectivity index (χ2n) is 7.51. The summed E-state index contributed by atoms with van der Waals surface area (Å²) in [4.78, 5) is 38.2. The lowest BCUT2D eigenvalue weighted by Gasteiger charge is -2.36. The predicted molar refractivity (Wildman–Crippen MR) is 103 cm³/mol. The molecule has 0 bridgehead atoms. The van der Waals surface area contributed by atoms with E-state index < -0.39 is 17.5 Å². The van der Waals surface area contributed by atoms with Gasteiger partial charge < -0.3 is 14.8 Å². The molecule has 1 aromatic rings. The van der Waals surface area contributed by atoms with E-state index in [4.69, 9.17) is 9.47 Å². The van der Waals surface area contributed by atoms with Gasteiger partial charge in [0.1, 0.15) is 31.0 Å². The fourth-order valence-corrected chi connectivity index (χ4v) is 3.98. The lowest BCUT2D eigenvalue weighted by molar-refractivity contribution is -0.149. The van der Waals surface area contributed by atoms with Gasteiger partial charge in [0, 0.05) is 0 Å². The van der Waals surface area contributed by atoms with Gasteiger partial charge in [0.05, 0.1) is 0 Å². The maximum absolute atomic E-state index is 12.8. The highest BCUT2D eigenvalue weighted by Gasteiger charge is 2.55. The van der Waals surface area contributed by atoms with Crippen LogP contribution < -0.4 is 10.1 Å². The number of urea groups is 1. The quantitative estimate of drug-likeness (QED) is 0.441. The minimum Gasteiger partial charge on any atom is -0.490 e. The van der Waals surface area contributed by atoms with Crippen molar-refractivity contribution in [1.82, 2.24) is 10.2 Å². The summed E-state index contributed by atoms with van der Waals surface area (Å²) < 4.78 is 10.7. The molecule has 7 nitrogen and oxygen atoms in total. The van der Waals surface area contributed by atoms with Gasteiger partial charge >= 0.3 is 12.0 Å². The van der Waals surface area contributed by atoms with Gasteiger partial charge in [0.25, 0.3) is 5.91 Å². The lowest BCUT2D eigenvalue weighted by Crippen LogP contribution is -2.54. The van der Waals surface area contributed by atoms with E-state index in [-0.39, 0.29) is 31.6 Å². The summed E-state index contributed by atoms with van der Waals surface area (Å²) in [6, 6.07) is 7.22. The molecule has 1 aliphatic carbocycles. The van der Waals surface area contributed by atoms with E-state index in [0.717, 1.165) is 36.3 Å². The number of nitrogens with one attached hydrogen (secondary N) is 1. The molecule has 2 atom stereocenters. The summed E-state index contributed by atoms with van der Waals surface area (Å²) in [5.41, 5.74) is 0.308. The third-order valence-electron chi connectivity index (χ3n) is 5.71. The van der Waals surface area contributed by atoms with Crippen molar-refractivity contribution in [3.8, 4) is 5.75 Å². The van der Waals surface area contributed by atoms with Crippen LogP contribution in [0.5, 0.6) is 5.75 Å². The second-order valence-corrected chi connectivity index (χ2v) is 7.51. The first-order chi connectivity index (χ1) is 13.5. The average Bonchev–Trinajstić information content (AvgIpc) is 2.93. The average molecular weight is 388 g/mol. The van der Waals surface area contributed by atoms with Crippen molar-refractivity contribution in [1.29, 1.82) is 0 Å². The van der Waals surface area contributed by atoms with Crippen LogP contribution in [0.4, 0.5) is 4.79 Å². The first-order valence-electron chi connectivity index (χ1n) is 9.97. The summed E-state index contributed by atoms with van der Waals surface area (Å²) in [5, 5.41) is 2.83. The number of carbonyl (C=O) groups excluding carboxylic acids is 3. The van der Waals surface area contributed by atoms with Gasteiger partial charge in [-0.3, -0.25) is 14.5 Å². The number of amides is 3. The molecule has 152 valence electrons. The standard InChI is InChI=1S/C21H28N2O5/c1-3-16-8-6-9-17(13-16)27-11-12-28-18(24)14-23-19(25)21(22-20(23)26)10-5-4-7-15(21)2/h6,8-9,13,15H,3-5,7,10-12,14H2,1-2H3,(H,22,26). The fraction of sp³-hybridized carbons (Fsp3) is 0.571. The molecule has 28 heavy (non-hydrogen) atoms. The third kappa shape index (κ3) is 4.13. The number of esters is 1. The highest BCUT2D eigenvalue weighted by molar-refractivity contribution is 6.08. The Balaban J connectivity index is 1.47. The minimum absolute atomic E-state index is 0.0559. The Labute approximate surface area is 165 Å². The summed E-state index contributed by atoms with van der Waals surface area (Å²) in [6.07, 6.45) is 4.37. The summed E-state index contributed by atoms with van der Waals surface area (Å²) in [7, 11) is 0. The number of hydrogen-bond donors (Lipinski definition) is 1. The Morgan fingerprint density at radius 1 is 1.29 bits per heavy atom. The molecule has 1 saturated carbocycles. The van der Waals surface area contributed by atoms with Crippen LogP contribution in [0.25, 0.3) is 0 Å². The second kappa shape index (κ2) is 8.63. The zero-order chi connectivity index (χ0) is 20.1. The molecule has 2 fully saturated rings. The first kappa shape index (κ1) is 20.2. The summed E-state index contributed by atoms with van der Waals surface area (Å²) in [5.74, 6) is -0.145. The highest BCUT2D eigenvalue weighted by Crippen LogP contribution is 2.38. The molecule has 1 saturated heterocycles. The van der Waals surface area contributed by atoms with Crippen molar-refractivity contribution in [2.45, 2.75) is 51.5 Å². The zero-order valence-electron chi connectivity index (χ0n) is 16.5. The molecule has 3 rings (SSSR count). The van der Waals surface area contributed by atoms with E-state index in [1.54, 1.807) is 0 Å². The number of ether oxygens (including phenoxy) is 2. The van der Waals surface area contributed by atoms with Gasteiger partial charge in [-0.05, 0) is 42.9 Å². The Hall–Kier alpha value is -2.57. The summed E-state index contributed by atoms with van der Waals surface area (Å²) >= 11 is 0. The lowest BCUT2D eigenvalue weighted by atomic mass is 9.73. The van der Waals surface area contributed by atoms with Crippen LogP contribution in [0.2, 0.25) is 0 Å². The number of nitrogens with zero attached hydrogens (tertiary/aromatic N) is 1. The maximum atomic E-state index is 12.8. The molecule has 7 heteroatoms. The molecule has 2 aliphatic rings. The first-order valence-corrected chi connectivity index (χ1v) is 9.97. The monoisotopic (exact) mass is 388 g/mol. The number of aryl methyl sites for hydroxylation is 1. The minimum atomic E-state index is -0.858. The molecule has 1 aromatic carbocycles. The smallest absolute Gasteiger partial charge is 0.326 e. The summed E-state index contributed by atoms with van der Waals surface area (Å²) in [6.45, 7) is 3.93. The van der Waals surface area contributed by atoms with Gasteiger partial charge in [0.2, 0.25) is 0 Å². The van der Waals surface area contributed by atoms with Crippen LogP contribution in [-0.2, 0) is 20.7 Å². The maximum Gasteiger partial charge on any atom is 0.326 e. The van der Waals surface area contributed by atoms with Gasteiger partial charge in [-0.1, -0.05) is 38.8 Å². The zero-order valence-corrected chi connectivity index (χ0v) is 16.5. The van der Waals surface area contributed by atoms with Crippen LogP contribution in [0, 0.1) is 5.92 Å². The molecule has 0 aromatic heterocycles. The molecule has 2 unspecified atom stereocenters. The van der Waals surface area contributed by atoms with Crippen molar-refractivity contribution in [3.05, 3.63) is 29.8 Å². The van der Waals surface area contributed by atoms with Crippen LogP contribution >= 0.6 is 0 Å². The van der Waals surface area contributed by atoms with E-state index in [0.29, 0.717) is 6.42 Å². The largest absolute Gasteiger partial charge is 0.490 e. The number of carbonyl (C=O) groups is 3. The van der Waals surface area contributed by atoms with Gasteiger partial charge in [-0.25, -0.2) is 4.79 Å². The SMILES string of the molecule is CCc1cccc(OCCOC(=O)CN2C(=O)NC3(CCCCC3C)C2=O)c1. The molecule has 1 spiro atoms. The number of imide groups is 1. The van der Waals surface area contributed by atoms with E-state index >= 15 is 0 Å². The Morgan fingerprint density at radius 3 is 2.86 bits per heavy atom. The van der Waals surface area contributed by atoms with Gasteiger partial charge in [-0.2, -0.15) is 0 Å². The van der Waals surface area contributed by atoms with E-state index in [1.807, 2.05) is 31.2 Å². The van der Waals surface area contributed by atoms with Crippen LogP contribution in [-0.4, -0.2) is 48.1 Å². The highest BCUT2D eigenvalue weighted by atomic mass is 16.6. The molecule has 3 amide bonds. The normalized spacial score (nSPS) is 24.4. The van der Waals surface area contributed by atoms with Crippen LogP contribution in [0.15, 0.2) is 24.3 Å². The number of rotatable bonds is 7. The van der Waals surface area contributed by atoms with Gasteiger partial charge in [0.15, 0.2) is 0 Å². The van der Waals surface area contributed by atoms with Crippen molar-refractivity contribution in [2.75, 3.05) is 19.8 Å². The van der Waals surface area contributed by atoms with Crippen molar-refractivity contribution >= 4 is 17.9 Å². The van der Waals surface area contributed by atoms with E-state index in [2.05, 4.69) is 12.2 Å². The molecular formula is C21H28N2O5. The Morgan fingerprint density at radius 2 is 2.11 bits per heavy atom. The molecule has 1 N–H and O–H groups in total. The molecule has 0 radical (unpaired) electrons. The van der Waals surface area contributed by atoms with Gasteiger partial charge in [-0.15, -0.1) is 0 Å². The van der Waals surface area contributed by atoms with Crippen molar-refractivity contribution in [2.24, 2.45) is 5.92 Å². The van der Waals surface area contributed by atoms with Crippen molar-refractivity contribution in [3.63, 3.8) is 0 Å². The number of hydrogen-bond acceptors (Lipinski definition) is 5. The Kier molecular flexibility index (Phi) is 6.21.